The van der Waals surface area contributed by atoms with Crippen LogP contribution in [0.15, 0.2) is 72.9 Å². The highest BCUT2D eigenvalue weighted by Gasteiger charge is 2.39. The summed E-state index contributed by atoms with van der Waals surface area (Å²) >= 11 is 0. The number of imide groups is 1. The minimum absolute atomic E-state index is 0.106. The highest BCUT2D eigenvalue weighted by molar-refractivity contribution is 6.06. The molecule has 4 aliphatic heterocycles. The van der Waals surface area contributed by atoms with Crippen LogP contribution in [0.1, 0.15) is 90.9 Å². The van der Waals surface area contributed by atoms with Crippen LogP contribution in [-0.4, -0.2) is 112 Å². The number of halogens is 2. The Hall–Kier alpha value is -6.13. The third-order valence-corrected chi connectivity index (χ3v) is 14.2. The molecule has 0 bridgehead atoms. The number of nitrogen functional groups attached to an aromatic ring is 1. The number of para-hydroxylation sites is 1. The van der Waals surface area contributed by atoms with Crippen molar-refractivity contribution in [2.75, 3.05) is 74.5 Å². The van der Waals surface area contributed by atoms with Crippen LogP contribution in [0, 0.1) is 5.82 Å². The van der Waals surface area contributed by atoms with Crippen LogP contribution in [0.25, 0.3) is 22.2 Å². The number of phenols is 1. The van der Waals surface area contributed by atoms with Crippen LogP contribution in [-0.2, 0) is 9.53 Å². The highest BCUT2D eigenvalue weighted by Crippen LogP contribution is 2.43. The van der Waals surface area contributed by atoms with Gasteiger partial charge in [0.05, 0.1) is 29.2 Å². The number of hydrogen-bond acceptors (Lipinski definition) is 10. The zero-order valence-corrected chi connectivity index (χ0v) is 35.7. The molecule has 5 aliphatic rings. The van der Waals surface area contributed by atoms with E-state index in [1.54, 1.807) is 29.2 Å². The molecule has 6 heterocycles. The molecule has 1 saturated carbocycles. The molecule has 5 aromatic rings. The van der Waals surface area contributed by atoms with Crippen molar-refractivity contribution in [1.82, 2.24) is 29.9 Å². The molecule has 4 N–H and O–H groups in total. The lowest BCUT2D eigenvalue weighted by atomic mass is 9.87. The van der Waals surface area contributed by atoms with Crippen molar-refractivity contribution < 1.29 is 33.0 Å². The zero-order valence-electron chi connectivity index (χ0n) is 35.7. The van der Waals surface area contributed by atoms with Gasteiger partial charge in [0.2, 0.25) is 5.91 Å². The first kappa shape index (κ1) is 41.9. The number of nitrogens with zero attached hydrogens (tertiary/aromatic N) is 7. The molecular weight excluding hydrogens is 821 g/mol. The maximum absolute atomic E-state index is 16.5. The predicted octanol–water partition coefficient (Wildman–Crippen LogP) is 7.10. The number of fused-ring (bicyclic) bond motifs is 1. The van der Waals surface area contributed by atoms with E-state index in [4.69, 9.17) is 10.5 Å². The number of aromatic nitrogens is 3. The number of nitrogens with one attached hydrogen (secondary N) is 1. The maximum atomic E-state index is 16.5. The fourth-order valence-corrected chi connectivity index (χ4v) is 10.2. The topological polar surface area (TPSA) is 162 Å². The van der Waals surface area contributed by atoms with Gasteiger partial charge in [-0.05, 0) is 98.6 Å². The van der Waals surface area contributed by atoms with E-state index in [2.05, 4.69) is 36.1 Å². The molecular formula is C48H53F2N9O5. The van der Waals surface area contributed by atoms with E-state index in [1.807, 2.05) is 42.5 Å². The Kier molecular flexibility index (Phi) is 11.2. The molecule has 5 fully saturated rings. The van der Waals surface area contributed by atoms with Crippen molar-refractivity contribution in [3.8, 4) is 17.0 Å². The Labute approximate surface area is 369 Å². The summed E-state index contributed by atoms with van der Waals surface area (Å²) in [7, 11) is 0. The van der Waals surface area contributed by atoms with Gasteiger partial charge in [-0.2, -0.15) is 0 Å². The number of benzene rings is 3. The number of anilines is 3. The Morgan fingerprint density at radius 1 is 0.922 bits per heavy atom. The van der Waals surface area contributed by atoms with Crippen molar-refractivity contribution in [2.45, 2.75) is 75.1 Å². The number of amides is 4. The molecule has 2 aromatic heterocycles. The summed E-state index contributed by atoms with van der Waals surface area (Å²) < 4.78 is 41.1. The molecule has 0 unspecified atom stereocenters. The number of morpholine rings is 1. The second-order valence-electron chi connectivity index (χ2n) is 18.1. The molecule has 4 saturated heterocycles. The summed E-state index contributed by atoms with van der Waals surface area (Å²) in [5.74, 6) is -0.336. The average Bonchev–Trinajstić information content (AvgIpc) is 3.66. The lowest BCUT2D eigenvalue weighted by Gasteiger charge is -2.41. The van der Waals surface area contributed by atoms with E-state index in [0.29, 0.717) is 67.4 Å². The fraction of sp³-hybridized carbons (Fsp3) is 0.438. The van der Waals surface area contributed by atoms with Crippen molar-refractivity contribution in [1.29, 1.82) is 0 Å². The Morgan fingerprint density at radius 2 is 1.69 bits per heavy atom. The van der Waals surface area contributed by atoms with Crippen LogP contribution in [0.2, 0.25) is 0 Å². The van der Waals surface area contributed by atoms with Gasteiger partial charge in [-0.25, -0.2) is 13.6 Å². The number of carbonyl (C=O) groups is 3. The lowest BCUT2D eigenvalue weighted by Crippen LogP contribution is -2.51. The van der Waals surface area contributed by atoms with E-state index in [0.717, 1.165) is 61.7 Å². The SMILES string of the molecule is Nc1nnc(-c2ccccc2O)cc1N1CCO[C@H](c2ccc(C(=O)N3CCC(F)(CN4CCC(c5cn(C6CCC6)c6c(F)c(N7CCC(=O)NC7=O)ccc56)CC4)CC3)cc2)C1. The number of likely N-dealkylation sites (tertiary alicyclic amines) is 2. The van der Waals surface area contributed by atoms with Crippen molar-refractivity contribution in [3.05, 3.63) is 95.4 Å². The van der Waals surface area contributed by atoms with Gasteiger partial charge in [0.25, 0.3) is 5.91 Å². The van der Waals surface area contributed by atoms with Crippen LogP contribution in [0.3, 0.4) is 0 Å². The van der Waals surface area contributed by atoms with E-state index in [-0.39, 0.29) is 72.9 Å². The number of alkyl halides is 1. The van der Waals surface area contributed by atoms with Gasteiger partial charge in [-0.3, -0.25) is 19.8 Å². The standard InChI is InChI=1S/C48H53F2N9O5/c49-43-38(58-21-16-42(61)52-47(58)63)13-12-34-36(27-59(44(34)43)33-4-3-5-33)30-14-19-55(20-15-30)29-48(50)17-22-56(23-18-48)46(62)32-10-8-31(9-11-32)41-28-57(24-25-64-41)39-26-37(53-54-45(39)51)35-6-1-2-7-40(35)60/h1-2,6-13,26-27,30,33,41,60H,3-5,14-25,28-29H2,(H2,51,54)(H,52,61,63)/t41-/m0/s1. The number of rotatable bonds is 9. The number of carbonyl (C=O) groups excluding carboxylic acids is 3. The first-order chi connectivity index (χ1) is 31.0. The number of aromatic hydroxyl groups is 1. The molecule has 1 aliphatic carbocycles. The first-order valence-corrected chi connectivity index (χ1v) is 22.5. The number of piperidine rings is 2. The zero-order chi connectivity index (χ0) is 44.1. The van der Waals surface area contributed by atoms with Crippen molar-refractivity contribution >= 4 is 45.9 Å². The van der Waals surface area contributed by atoms with Gasteiger partial charge in [0.15, 0.2) is 11.6 Å². The second kappa shape index (κ2) is 17.1. The van der Waals surface area contributed by atoms with Gasteiger partial charge >= 0.3 is 6.03 Å². The van der Waals surface area contributed by atoms with Crippen LogP contribution in [0.4, 0.5) is 30.8 Å². The quantitative estimate of drug-likeness (QED) is 0.139. The number of hydrogen-bond donors (Lipinski definition) is 3. The van der Waals surface area contributed by atoms with E-state index >= 15 is 8.78 Å². The van der Waals surface area contributed by atoms with E-state index in [9.17, 15) is 19.5 Å². The molecule has 1 atom stereocenters. The minimum atomic E-state index is -1.40. The molecule has 16 heteroatoms. The number of phenolic OH excluding ortho intramolecular Hbond substituents is 1. The van der Waals surface area contributed by atoms with Crippen molar-refractivity contribution in [3.63, 3.8) is 0 Å². The van der Waals surface area contributed by atoms with Crippen LogP contribution >= 0.6 is 0 Å². The van der Waals surface area contributed by atoms with E-state index < -0.39 is 17.5 Å². The Morgan fingerprint density at radius 3 is 2.41 bits per heavy atom. The molecule has 4 amide bonds. The summed E-state index contributed by atoms with van der Waals surface area (Å²) in [4.78, 5) is 45.4. The van der Waals surface area contributed by atoms with Gasteiger partial charge in [-0.15, -0.1) is 10.2 Å². The van der Waals surface area contributed by atoms with Crippen molar-refractivity contribution in [2.24, 2.45) is 0 Å². The summed E-state index contributed by atoms with van der Waals surface area (Å²) in [5.41, 5.74) is 9.92. The molecule has 14 nitrogen and oxygen atoms in total. The maximum Gasteiger partial charge on any atom is 0.328 e. The first-order valence-electron chi connectivity index (χ1n) is 22.5. The molecule has 10 rings (SSSR count). The van der Waals surface area contributed by atoms with Crippen LogP contribution in [0.5, 0.6) is 5.75 Å². The molecule has 3 aromatic carbocycles. The number of nitrogens with two attached hydrogens (primary N) is 1. The Balaban J connectivity index is 0.737. The van der Waals surface area contributed by atoms with E-state index in [1.165, 1.54) is 4.90 Å². The highest BCUT2D eigenvalue weighted by atomic mass is 19.1. The molecule has 0 spiro atoms. The predicted molar refractivity (Wildman–Crippen MR) is 239 cm³/mol. The smallest absolute Gasteiger partial charge is 0.328 e. The molecule has 334 valence electrons. The largest absolute Gasteiger partial charge is 0.507 e. The number of urea groups is 1. The van der Waals surface area contributed by atoms with Gasteiger partial charge in [-0.1, -0.05) is 30.3 Å². The van der Waals surface area contributed by atoms with Gasteiger partial charge in [0, 0.05) is 87.3 Å². The number of ether oxygens (including phenoxy) is 1. The van der Waals surface area contributed by atoms with Gasteiger partial charge < -0.3 is 34.8 Å². The monoisotopic (exact) mass is 873 g/mol. The average molecular weight is 874 g/mol. The summed E-state index contributed by atoms with van der Waals surface area (Å²) in [6.45, 7) is 4.11. The summed E-state index contributed by atoms with van der Waals surface area (Å²) in [6.07, 6.45) is 7.16. The molecule has 64 heavy (non-hydrogen) atoms. The third-order valence-electron chi connectivity index (χ3n) is 14.2. The summed E-state index contributed by atoms with van der Waals surface area (Å²) in [5, 5.41) is 21.9. The second-order valence-corrected chi connectivity index (χ2v) is 18.1. The summed E-state index contributed by atoms with van der Waals surface area (Å²) in [6, 6.07) is 19.4. The Bertz CT molecular complexity index is 2580. The molecule has 0 radical (unpaired) electrons. The third kappa shape index (κ3) is 8.01. The minimum Gasteiger partial charge on any atom is -0.507 e. The normalized spacial score (nSPS) is 21.3. The van der Waals surface area contributed by atoms with Crippen LogP contribution < -0.4 is 20.9 Å². The lowest BCUT2D eigenvalue weighted by molar-refractivity contribution is -0.120. The van der Waals surface area contributed by atoms with Gasteiger partial charge in [0.1, 0.15) is 17.5 Å². The fourth-order valence-electron chi connectivity index (χ4n) is 10.2.